The largest absolute Gasteiger partial charge is 0.493 e. The Morgan fingerprint density at radius 1 is 1.33 bits per heavy atom. The number of nitrogens with zero attached hydrogens (tertiary/aromatic N) is 2. The molecule has 1 aliphatic carbocycles. The van der Waals surface area contributed by atoms with Gasteiger partial charge >= 0.3 is 0 Å². The van der Waals surface area contributed by atoms with Crippen molar-refractivity contribution < 1.29 is 4.74 Å². The molecule has 116 valence electrons. The summed E-state index contributed by atoms with van der Waals surface area (Å²) < 4.78 is 5.97. The van der Waals surface area contributed by atoms with Crippen LogP contribution in [0.4, 0.5) is 5.69 Å². The smallest absolute Gasteiger partial charge is 0.122 e. The van der Waals surface area contributed by atoms with E-state index in [9.17, 15) is 0 Å². The zero-order chi connectivity index (χ0) is 15.4. The summed E-state index contributed by atoms with van der Waals surface area (Å²) in [6, 6.07) is 4.24. The van der Waals surface area contributed by atoms with E-state index in [1.807, 2.05) is 6.34 Å². The van der Waals surface area contributed by atoms with Gasteiger partial charge in [0.05, 0.1) is 18.6 Å². The fraction of sp³-hybridized carbons (Fsp3) is 0.611. The minimum Gasteiger partial charge on any atom is -0.493 e. The van der Waals surface area contributed by atoms with Crippen LogP contribution in [-0.2, 0) is 0 Å². The Kier molecular flexibility index (Phi) is 5.27. The second-order valence-electron chi connectivity index (χ2n) is 6.41. The van der Waals surface area contributed by atoms with E-state index in [2.05, 4.69) is 56.8 Å². The van der Waals surface area contributed by atoms with E-state index in [0.29, 0.717) is 0 Å². The van der Waals surface area contributed by atoms with Crippen molar-refractivity contribution in [1.82, 2.24) is 4.90 Å². The van der Waals surface area contributed by atoms with Crippen LogP contribution in [0.15, 0.2) is 17.1 Å². The molecule has 0 saturated heterocycles. The van der Waals surface area contributed by atoms with Gasteiger partial charge < -0.3 is 9.64 Å². The quantitative estimate of drug-likeness (QED) is 0.551. The van der Waals surface area contributed by atoms with Crippen LogP contribution in [0.25, 0.3) is 0 Å². The first kappa shape index (κ1) is 15.9. The monoisotopic (exact) mass is 288 g/mol. The van der Waals surface area contributed by atoms with E-state index < -0.39 is 0 Å². The number of hydrogen-bond acceptors (Lipinski definition) is 2. The molecule has 1 aromatic rings. The summed E-state index contributed by atoms with van der Waals surface area (Å²) >= 11 is 0. The molecule has 0 radical (unpaired) electrons. The van der Waals surface area contributed by atoms with E-state index in [1.54, 1.807) is 0 Å². The molecule has 1 aliphatic rings. The van der Waals surface area contributed by atoms with Crippen molar-refractivity contribution >= 4 is 12.0 Å². The number of aliphatic imine (C=N–C) groups is 1. The first-order chi connectivity index (χ1) is 10.0. The fourth-order valence-corrected chi connectivity index (χ4v) is 2.47. The summed E-state index contributed by atoms with van der Waals surface area (Å²) in [5, 5.41) is 0. The van der Waals surface area contributed by atoms with Gasteiger partial charge in [-0.05, 0) is 61.8 Å². The molecular weight excluding hydrogens is 260 g/mol. The summed E-state index contributed by atoms with van der Waals surface area (Å²) in [5.41, 5.74) is 3.36. The Labute approximate surface area is 129 Å². The number of hydrogen-bond donors (Lipinski definition) is 0. The molecule has 1 saturated carbocycles. The van der Waals surface area contributed by atoms with Crippen molar-refractivity contribution in [2.24, 2.45) is 16.8 Å². The lowest BCUT2D eigenvalue weighted by molar-refractivity contribution is 0.291. The maximum atomic E-state index is 5.97. The lowest BCUT2D eigenvalue weighted by Gasteiger charge is -2.13. The summed E-state index contributed by atoms with van der Waals surface area (Å²) in [5.74, 6) is 2.60. The predicted molar refractivity (Wildman–Crippen MR) is 89.8 cm³/mol. The van der Waals surface area contributed by atoms with E-state index in [-0.39, 0.29) is 0 Å². The van der Waals surface area contributed by atoms with E-state index >= 15 is 0 Å². The Hall–Kier alpha value is -1.51. The Balaban J connectivity index is 2.02. The van der Waals surface area contributed by atoms with Gasteiger partial charge in [0.15, 0.2) is 0 Å². The summed E-state index contributed by atoms with van der Waals surface area (Å²) in [6.07, 6.45) is 4.36. The molecule has 0 bridgehead atoms. The average Bonchev–Trinajstić information content (AvgIpc) is 3.14. The van der Waals surface area contributed by atoms with Gasteiger partial charge in [-0.3, -0.25) is 0 Å². The highest BCUT2D eigenvalue weighted by molar-refractivity contribution is 5.64. The summed E-state index contributed by atoms with van der Waals surface area (Å²) in [6.45, 7) is 10.5. The lowest BCUT2D eigenvalue weighted by Crippen LogP contribution is -2.16. The first-order valence-corrected chi connectivity index (χ1v) is 7.99. The zero-order valence-corrected chi connectivity index (χ0v) is 14.0. The van der Waals surface area contributed by atoms with Crippen LogP contribution in [0.2, 0.25) is 0 Å². The Morgan fingerprint density at radius 2 is 2.05 bits per heavy atom. The van der Waals surface area contributed by atoms with Crippen LogP contribution in [0.1, 0.15) is 37.8 Å². The van der Waals surface area contributed by atoms with Crippen LogP contribution in [-0.4, -0.2) is 31.4 Å². The standard InChI is InChI=1S/C18H28N2O/c1-6-7-20(5)12-19-17-9-15(4)18(10-14(17)3)21-11-16-8-13(16)2/h9-10,12-13,16H,6-8,11H2,1-5H3. The van der Waals surface area contributed by atoms with Crippen molar-refractivity contribution in [3.05, 3.63) is 23.3 Å². The molecule has 0 N–H and O–H groups in total. The van der Waals surface area contributed by atoms with Crippen molar-refractivity contribution in [1.29, 1.82) is 0 Å². The van der Waals surface area contributed by atoms with Gasteiger partial charge in [0.2, 0.25) is 0 Å². The van der Waals surface area contributed by atoms with Crippen LogP contribution in [0, 0.1) is 25.7 Å². The normalized spacial score (nSPS) is 20.8. The number of aryl methyl sites for hydroxylation is 2. The van der Waals surface area contributed by atoms with Crippen LogP contribution in [0.3, 0.4) is 0 Å². The molecule has 2 atom stereocenters. The molecule has 3 nitrogen and oxygen atoms in total. The molecule has 1 fully saturated rings. The lowest BCUT2D eigenvalue weighted by atomic mass is 10.1. The highest BCUT2D eigenvalue weighted by Crippen LogP contribution is 2.38. The molecule has 0 aromatic heterocycles. The highest BCUT2D eigenvalue weighted by atomic mass is 16.5. The second kappa shape index (κ2) is 6.97. The topological polar surface area (TPSA) is 24.8 Å². The zero-order valence-electron chi connectivity index (χ0n) is 14.0. The Morgan fingerprint density at radius 3 is 2.67 bits per heavy atom. The highest BCUT2D eigenvalue weighted by Gasteiger charge is 2.33. The van der Waals surface area contributed by atoms with Gasteiger partial charge in [-0.2, -0.15) is 0 Å². The molecule has 0 spiro atoms. The van der Waals surface area contributed by atoms with Crippen molar-refractivity contribution in [2.75, 3.05) is 20.2 Å². The van der Waals surface area contributed by atoms with Gasteiger partial charge in [-0.1, -0.05) is 13.8 Å². The van der Waals surface area contributed by atoms with Gasteiger partial charge in [-0.15, -0.1) is 0 Å². The molecule has 0 amide bonds. The van der Waals surface area contributed by atoms with Crippen molar-refractivity contribution in [2.45, 2.75) is 40.5 Å². The van der Waals surface area contributed by atoms with Crippen LogP contribution in [0.5, 0.6) is 5.75 Å². The predicted octanol–water partition coefficient (Wildman–Crippen LogP) is 4.34. The third-order valence-corrected chi connectivity index (χ3v) is 4.19. The third-order valence-electron chi connectivity index (χ3n) is 4.19. The van der Waals surface area contributed by atoms with E-state index in [4.69, 9.17) is 4.74 Å². The SMILES string of the molecule is CCCN(C)C=Nc1cc(C)c(OCC2CC2C)cc1C. The first-order valence-electron chi connectivity index (χ1n) is 7.99. The molecule has 2 rings (SSSR count). The maximum absolute atomic E-state index is 5.97. The van der Waals surface area contributed by atoms with Crippen LogP contribution < -0.4 is 4.74 Å². The van der Waals surface area contributed by atoms with Gasteiger partial charge in [0.1, 0.15) is 5.75 Å². The number of benzene rings is 1. The van der Waals surface area contributed by atoms with E-state index in [0.717, 1.165) is 42.8 Å². The van der Waals surface area contributed by atoms with Crippen molar-refractivity contribution in [3.8, 4) is 5.75 Å². The second-order valence-corrected chi connectivity index (χ2v) is 6.41. The molecule has 3 heteroatoms. The molecule has 1 aromatic carbocycles. The van der Waals surface area contributed by atoms with E-state index in [1.165, 1.54) is 17.5 Å². The minimum absolute atomic E-state index is 0.755. The summed E-state index contributed by atoms with van der Waals surface area (Å²) in [7, 11) is 2.06. The third kappa shape index (κ3) is 4.48. The Bertz CT molecular complexity index is 510. The van der Waals surface area contributed by atoms with Crippen molar-refractivity contribution in [3.63, 3.8) is 0 Å². The molecule has 21 heavy (non-hydrogen) atoms. The van der Waals surface area contributed by atoms with Gasteiger partial charge in [0, 0.05) is 13.6 Å². The minimum atomic E-state index is 0.755. The molecule has 0 heterocycles. The fourth-order valence-electron chi connectivity index (χ4n) is 2.47. The summed E-state index contributed by atoms with van der Waals surface area (Å²) in [4.78, 5) is 6.71. The molecular formula is C18H28N2O. The number of ether oxygens (including phenoxy) is 1. The van der Waals surface area contributed by atoms with Gasteiger partial charge in [0.25, 0.3) is 0 Å². The number of rotatable bonds is 7. The maximum Gasteiger partial charge on any atom is 0.122 e. The molecule has 2 unspecified atom stereocenters. The van der Waals surface area contributed by atoms with Crippen LogP contribution >= 0.6 is 0 Å². The molecule has 0 aliphatic heterocycles. The average molecular weight is 288 g/mol. The van der Waals surface area contributed by atoms with Gasteiger partial charge in [-0.25, -0.2) is 4.99 Å².